The summed E-state index contributed by atoms with van der Waals surface area (Å²) in [4.78, 5) is 11.8. The smallest absolute Gasteiger partial charge is 0.223 e. The molecular weight excluding hydrogens is 248 g/mol. The second kappa shape index (κ2) is 6.76. The Morgan fingerprint density at radius 2 is 2.06 bits per heavy atom. The number of carbonyl (C=O) groups excluding carboxylic acids is 1. The minimum absolute atomic E-state index is 0. The maximum atomic E-state index is 11.8. The zero-order valence-electron chi connectivity index (χ0n) is 10.9. The van der Waals surface area contributed by atoms with Gasteiger partial charge in [-0.15, -0.1) is 12.4 Å². The molecule has 1 aliphatic carbocycles. The van der Waals surface area contributed by atoms with Crippen LogP contribution in [0.3, 0.4) is 0 Å². The van der Waals surface area contributed by atoms with E-state index in [9.17, 15) is 4.79 Å². The van der Waals surface area contributed by atoms with Crippen molar-refractivity contribution in [3.05, 3.63) is 35.4 Å². The highest BCUT2D eigenvalue weighted by atomic mass is 35.5. The third-order valence-electron chi connectivity index (χ3n) is 3.39. The normalized spacial score (nSPS) is 21.0. The molecule has 1 aliphatic rings. The first-order valence-corrected chi connectivity index (χ1v) is 6.22. The lowest BCUT2D eigenvalue weighted by Crippen LogP contribution is -2.31. The van der Waals surface area contributed by atoms with Gasteiger partial charge in [-0.2, -0.15) is 0 Å². The van der Waals surface area contributed by atoms with E-state index in [1.165, 1.54) is 11.1 Å². The van der Waals surface area contributed by atoms with E-state index in [2.05, 4.69) is 35.8 Å². The minimum atomic E-state index is 0. The summed E-state index contributed by atoms with van der Waals surface area (Å²) in [6.45, 7) is 3.66. The van der Waals surface area contributed by atoms with Crippen molar-refractivity contribution in [3.63, 3.8) is 0 Å². The van der Waals surface area contributed by atoms with Crippen molar-refractivity contribution in [3.8, 4) is 0 Å². The second-order valence-electron chi connectivity index (χ2n) is 4.70. The number of hydrogen-bond donors (Lipinski definition) is 2. The van der Waals surface area contributed by atoms with E-state index in [0.29, 0.717) is 12.5 Å². The Labute approximate surface area is 115 Å². The molecule has 0 radical (unpaired) electrons. The van der Waals surface area contributed by atoms with Crippen LogP contribution in [0, 0.1) is 12.8 Å². The van der Waals surface area contributed by atoms with Crippen LogP contribution >= 0.6 is 12.4 Å². The molecule has 2 unspecified atom stereocenters. The van der Waals surface area contributed by atoms with Crippen molar-refractivity contribution in [1.29, 1.82) is 0 Å². The summed E-state index contributed by atoms with van der Waals surface area (Å²) in [7, 11) is 1.89. The Kier molecular flexibility index (Phi) is 5.63. The molecule has 1 fully saturated rings. The van der Waals surface area contributed by atoms with Crippen LogP contribution in [0.4, 0.5) is 0 Å². The van der Waals surface area contributed by atoms with Gasteiger partial charge in [0.1, 0.15) is 0 Å². The third kappa shape index (κ3) is 3.47. The van der Waals surface area contributed by atoms with E-state index in [1.807, 2.05) is 13.1 Å². The fraction of sp³-hybridized carbons (Fsp3) is 0.500. The molecule has 100 valence electrons. The van der Waals surface area contributed by atoms with Gasteiger partial charge in [-0.05, 0) is 37.4 Å². The van der Waals surface area contributed by atoms with Crippen LogP contribution in [0.15, 0.2) is 24.3 Å². The quantitative estimate of drug-likeness (QED) is 0.801. The van der Waals surface area contributed by atoms with Gasteiger partial charge in [0.15, 0.2) is 0 Å². The van der Waals surface area contributed by atoms with E-state index in [-0.39, 0.29) is 24.2 Å². The topological polar surface area (TPSA) is 41.1 Å². The zero-order chi connectivity index (χ0) is 12.3. The SMILES string of the molecule is CNCCNC(=O)C1CC1c1ccccc1C.Cl. The summed E-state index contributed by atoms with van der Waals surface area (Å²) in [5.41, 5.74) is 2.63. The van der Waals surface area contributed by atoms with E-state index < -0.39 is 0 Å². The molecule has 2 N–H and O–H groups in total. The second-order valence-corrected chi connectivity index (χ2v) is 4.70. The number of likely N-dealkylation sites (N-methyl/N-ethyl adjacent to an activating group) is 1. The molecule has 0 bridgehead atoms. The fourth-order valence-electron chi connectivity index (χ4n) is 2.27. The largest absolute Gasteiger partial charge is 0.355 e. The maximum Gasteiger partial charge on any atom is 0.223 e. The lowest BCUT2D eigenvalue weighted by atomic mass is 10.0. The highest BCUT2D eigenvalue weighted by Gasteiger charge is 2.44. The summed E-state index contributed by atoms with van der Waals surface area (Å²) in [5.74, 6) is 0.826. The molecule has 1 aromatic rings. The predicted molar refractivity (Wildman–Crippen MR) is 76.2 cm³/mol. The first kappa shape index (κ1) is 15.0. The number of nitrogens with one attached hydrogen (secondary N) is 2. The van der Waals surface area contributed by atoms with Crippen molar-refractivity contribution in [1.82, 2.24) is 10.6 Å². The van der Waals surface area contributed by atoms with Crippen LogP contribution in [-0.4, -0.2) is 26.0 Å². The number of amides is 1. The van der Waals surface area contributed by atoms with Crippen molar-refractivity contribution in [2.75, 3.05) is 20.1 Å². The molecule has 1 amide bonds. The van der Waals surface area contributed by atoms with Gasteiger partial charge in [0.2, 0.25) is 5.91 Å². The Balaban J connectivity index is 0.00000162. The molecule has 1 aromatic carbocycles. The minimum Gasteiger partial charge on any atom is -0.355 e. The Bertz CT molecular complexity index is 409. The van der Waals surface area contributed by atoms with Crippen LogP contribution in [0.5, 0.6) is 0 Å². The van der Waals surface area contributed by atoms with E-state index in [1.54, 1.807) is 0 Å². The van der Waals surface area contributed by atoms with Gasteiger partial charge in [0.25, 0.3) is 0 Å². The molecule has 0 spiro atoms. The standard InChI is InChI=1S/C14H20N2O.ClH/c1-10-5-3-4-6-11(10)12-9-13(12)14(17)16-8-7-15-2;/h3-6,12-13,15H,7-9H2,1-2H3,(H,16,17);1H. The van der Waals surface area contributed by atoms with Crippen LogP contribution in [0.1, 0.15) is 23.5 Å². The summed E-state index contributed by atoms with van der Waals surface area (Å²) < 4.78 is 0. The van der Waals surface area contributed by atoms with Crippen LogP contribution in [0.2, 0.25) is 0 Å². The first-order chi connectivity index (χ1) is 8.24. The number of aryl methyl sites for hydroxylation is 1. The molecular formula is C14H21ClN2O. The number of carbonyl (C=O) groups is 1. The van der Waals surface area contributed by atoms with Gasteiger partial charge >= 0.3 is 0 Å². The van der Waals surface area contributed by atoms with Crippen molar-refractivity contribution in [2.24, 2.45) is 5.92 Å². The van der Waals surface area contributed by atoms with Crippen molar-refractivity contribution in [2.45, 2.75) is 19.3 Å². The molecule has 2 rings (SSSR count). The molecule has 2 atom stereocenters. The van der Waals surface area contributed by atoms with Crippen LogP contribution in [-0.2, 0) is 4.79 Å². The summed E-state index contributed by atoms with van der Waals surface area (Å²) >= 11 is 0. The van der Waals surface area contributed by atoms with Gasteiger partial charge in [-0.1, -0.05) is 24.3 Å². The van der Waals surface area contributed by atoms with E-state index in [0.717, 1.165) is 13.0 Å². The van der Waals surface area contributed by atoms with Crippen molar-refractivity contribution >= 4 is 18.3 Å². The van der Waals surface area contributed by atoms with E-state index in [4.69, 9.17) is 0 Å². The highest BCUT2D eigenvalue weighted by Crippen LogP contribution is 2.48. The summed E-state index contributed by atoms with van der Waals surface area (Å²) in [5, 5.41) is 5.98. The first-order valence-electron chi connectivity index (χ1n) is 6.22. The Morgan fingerprint density at radius 1 is 1.33 bits per heavy atom. The fourth-order valence-corrected chi connectivity index (χ4v) is 2.27. The predicted octanol–water partition coefficient (Wildman–Crippen LogP) is 1.86. The van der Waals surface area contributed by atoms with Crippen LogP contribution < -0.4 is 10.6 Å². The lowest BCUT2D eigenvalue weighted by Gasteiger charge is -2.06. The molecule has 18 heavy (non-hydrogen) atoms. The maximum absolute atomic E-state index is 11.8. The van der Waals surface area contributed by atoms with Gasteiger partial charge in [0, 0.05) is 19.0 Å². The number of rotatable bonds is 5. The monoisotopic (exact) mass is 268 g/mol. The molecule has 4 heteroatoms. The Hall–Kier alpha value is -1.06. The average molecular weight is 269 g/mol. The molecule has 0 heterocycles. The van der Waals surface area contributed by atoms with Crippen molar-refractivity contribution < 1.29 is 4.79 Å². The highest BCUT2D eigenvalue weighted by molar-refractivity contribution is 5.85. The van der Waals surface area contributed by atoms with Gasteiger partial charge < -0.3 is 10.6 Å². The van der Waals surface area contributed by atoms with Crippen LogP contribution in [0.25, 0.3) is 0 Å². The van der Waals surface area contributed by atoms with Gasteiger partial charge in [-0.25, -0.2) is 0 Å². The summed E-state index contributed by atoms with van der Waals surface area (Å²) in [6.07, 6.45) is 0.996. The zero-order valence-corrected chi connectivity index (χ0v) is 11.7. The molecule has 1 saturated carbocycles. The molecule has 3 nitrogen and oxygen atoms in total. The molecule has 0 aromatic heterocycles. The molecule has 0 aliphatic heterocycles. The number of hydrogen-bond acceptors (Lipinski definition) is 2. The Morgan fingerprint density at radius 3 is 2.72 bits per heavy atom. The summed E-state index contributed by atoms with van der Waals surface area (Å²) in [6, 6.07) is 8.35. The third-order valence-corrected chi connectivity index (χ3v) is 3.39. The average Bonchev–Trinajstić information content (AvgIpc) is 3.10. The van der Waals surface area contributed by atoms with E-state index >= 15 is 0 Å². The molecule has 0 saturated heterocycles. The number of benzene rings is 1. The van der Waals surface area contributed by atoms with Gasteiger partial charge in [0.05, 0.1) is 0 Å². The lowest BCUT2D eigenvalue weighted by molar-refractivity contribution is -0.122. The van der Waals surface area contributed by atoms with Gasteiger partial charge in [-0.3, -0.25) is 4.79 Å². The number of halogens is 1.